The Morgan fingerprint density at radius 1 is 0.913 bits per heavy atom. The van der Waals surface area contributed by atoms with Gasteiger partial charge < -0.3 is 0 Å². The fourth-order valence-electron chi connectivity index (χ4n) is 2.77. The molecular formula is C18H10BrNO2S. The van der Waals surface area contributed by atoms with E-state index in [1.54, 1.807) is 17.4 Å². The van der Waals surface area contributed by atoms with Crippen LogP contribution in [0, 0.1) is 10.1 Å². The van der Waals surface area contributed by atoms with Gasteiger partial charge in [0.05, 0.1) is 10.5 Å². The maximum atomic E-state index is 11.5. The molecule has 0 bridgehead atoms. The minimum Gasteiger partial charge on any atom is -0.258 e. The van der Waals surface area contributed by atoms with Gasteiger partial charge in [0.1, 0.15) is 0 Å². The SMILES string of the molecule is O=[N+]([O-])c1cc2sc3ccccc3c2cc1-c1ccc(Br)cc1. The number of nitro groups is 1. The van der Waals surface area contributed by atoms with Crippen molar-refractivity contribution in [1.29, 1.82) is 0 Å². The predicted molar refractivity (Wildman–Crippen MR) is 99.1 cm³/mol. The lowest BCUT2D eigenvalue weighted by molar-refractivity contribution is -0.384. The largest absolute Gasteiger partial charge is 0.278 e. The van der Waals surface area contributed by atoms with Crippen molar-refractivity contribution in [3.63, 3.8) is 0 Å². The first-order valence-corrected chi connectivity index (χ1v) is 8.60. The molecule has 0 atom stereocenters. The van der Waals surface area contributed by atoms with E-state index in [-0.39, 0.29) is 10.6 Å². The zero-order valence-electron chi connectivity index (χ0n) is 11.8. The fourth-order valence-corrected chi connectivity index (χ4v) is 4.16. The summed E-state index contributed by atoms with van der Waals surface area (Å²) in [5.74, 6) is 0. The van der Waals surface area contributed by atoms with Gasteiger partial charge in [0.15, 0.2) is 0 Å². The summed E-state index contributed by atoms with van der Waals surface area (Å²) in [5, 5.41) is 13.7. The molecule has 4 aromatic rings. The van der Waals surface area contributed by atoms with Crippen molar-refractivity contribution in [1.82, 2.24) is 0 Å². The maximum absolute atomic E-state index is 11.5. The molecule has 0 aliphatic carbocycles. The van der Waals surface area contributed by atoms with Crippen LogP contribution in [0.5, 0.6) is 0 Å². The number of hydrogen-bond acceptors (Lipinski definition) is 3. The predicted octanol–water partition coefficient (Wildman–Crippen LogP) is 6.39. The van der Waals surface area contributed by atoms with Crippen LogP contribution in [0.25, 0.3) is 31.3 Å². The van der Waals surface area contributed by atoms with Crippen LogP contribution in [0.4, 0.5) is 5.69 Å². The lowest BCUT2D eigenvalue weighted by Crippen LogP contribution is -1.91. The highest BCUT2D eigenvalue weighted by atomic mass is 79.9. The lowest BCUT2D eigenvalue weighted by atomic mass is 10.0. The number of hydrogen-bond donors (Lipinski definition) is 0. The Labute approximate surface area is 144 Å². The molecule has 0 unspecified atom stereocenters. The van der Waals surface area contributed by atoms with E-state index in [4.69, 9.17) is 0 Å². The Morgan fingerprint density at radius 2 is 1.65 bits per heavy atom. The van der Waals surface area contributed by atoms with Crippen molar-refractivity contribution in [2.45, 2.75) is 0 Å². The summed E-state index contributed by atoms with van der Waals surface area (Å²) in [7, 11) is 0. The Morgan fingerprint density at radius 3 is 2.39 bits per heavy atom. The molecule has 0 amide bonds. The second-order valence-electron chi connectivity index (χ2n) is 5.23. The number of rotatable bonds is 2. The molecule has 112 valence electrons. The zero-order chi connectivity index (χ0) is 16.0. The summed E-state index contributed by atoms with van der Waals surface area (Å²) < 4.78 is 3.04. The molecule has 0 fully saturated rings. The minimum absolute atomic E-state index is 0.145. The monoisotopic (exact) mass is 383 g/mol. The van der Waals surface area contributed by atoms with Gasteiger partial charge in [-0.15, -0.1) is 11.3 Å². The molecule has 5 heteroatoms. The molecule has 0 aliphatic rings. The highest BCUT2D eigenvalue weighted by Gasteiger charge is 2.19. The second kappa shape index (κ2) is 5.44. The summed E-state index contributed by atoms with van der Waals surface area (Å²) >= 11 is 4.99. The van der Waals surface area contributed by atoms with E-state index in [1.807, 2.05) is 48.5 Å². The van der Waals surface area contributed by atoms with Crippen LogP contribution < -0.4 is 0 Å². The van der Waals surface area contributed by atoms with Crippen LogP contribution in [-0.2, 0) is 0 Å². The normalized spacial score (nSPS) is 11.2. The standard InChI is InChI=1S/C18H10BrNO2S/c19-12-7-5-11(6-8-12)14-9-15-13-3-1-2-4-17(13)23-18(15)10-16(14)20(21)22/h1-10H. The Balaban J connectivity index is 2.07. The topological polar surface area (TPSA) is 43.1 Å². The van der Waals surface area contributed by atoms with E-state index in [0.29, 0.717) is 5.56 Å². The molecule has 0 spiro atoms. The van der Waals surface area contributed by atoms with Crippen LogP contribution in [0.2, 0.25) is 0 Å². The summed E-state index contributed by atoms with van der Waals surface area (Å²) in [5.41, 5.74) is 1.64. The second-order valence-corrected chi connectivity index (χ2v) is 7.23. The third kappa shape index (κ3) is 2.42. The van der Waals surface area contributed by atoms with Gasteiger partial charge in [0, 0.05) is 30.7 Å². The van der Waals surface area contributed by atoms with Gasteiger partial charge in [-0.2, -0.15) is 0 Å². The van der Waals surface area contributed by atoms with Crippen LogP contribution >= 0.6 is 27.3 Å². The van der Waals surface area contributed by atoms with Crippen LogP contribution in [0.1, 0.15) is 0 Å². The first-order chi connectivity index (χ1) is 11.1. The third-order valence-electron chi connectivity index (χ3n) is 3.85. The van der Waals surface area contributed by atoms with Gasteiger partial charge in [0.2, 0.25) is 0 Å². The summed E-state index contributed by atoms with van der Waals surface area (Å²) in [4.78, 5) is 11.2. The van der Waals surface area contributed by atoms with Crippen molar-refractivity contribution in [2.24, 2.45) is 0 Å². The molecule has 3 aromatic carbocycles. The summed E-state index contributed by atoms with van der Waals surface area (Å²) in [6.07, 6.45) is 0. The van der Waals surface area contributed by atoms with E-state index in [1.165, 1.54) is 0 Å². The number of benzene rings is 3. The number of thiophene rings is 1. The smallest absolute Gasteiger partial charge is 0.258 e. The first-order valence-electron chi connectivity index (χ1n) is 6.99. The van der Waals surface area contributed by atoms with Crippen molar-refractivity contribution < 1.29 is 4.92 Å². The van der Waals surface area contributed by atoms with Gasteiger partial charge in [-0.05, 0) is 29.8 Å². The maximum Gasteiger partial charge on any atom is 0.278 e. The zero-order valence-corrected chi connectivity index (χ0v) is 14.2. The Bertz CT molecular complexity index is 1050. The number of halogens is 1. The Hall–Kier alpha value is -2.24. The molecule has 1 aromatic heterocycles. The lowest BCUT2D eigenvalue weighted by Gasteiger charge is -2.04. The average Bonchev–Trinajstić information content (AvgIpc) is 2.92. The molecule has 23 heavy (non-hydrogen) atoms. The van der Waals surface area contributed by atoms with Gasteiger partial charge in [0.25, 0.3) is 5.69 Å². The van der Waals surface area contributed by atoms with Crippen LogP contribution in [0.3, 0.4) is 0 Å². The minimum atomic E-state index is -0.304. The number of fused-ring (bicyclic) bond motifs is 3. The van der Waals surface area contributed by atoms with E-state index in [2.05, 4.69) is 22.0 Å². The molecular weight excluding hydrogens is 374 g/mol. The highest BCUT2D eigenvalue weighted by molar-refractivity contribution is 9.10. The van der Waals surface area contributed by atoms with Crippen LogP contribution in [0.15, 0.2) is 65.1 Å². The Kier molecular flexibility index (Phi) is 3.39. The highest BCUT2D eigenvalue weighted by Crippen LogP contribution is 2.41. The molecule has 1 heterocycles. The first kappa shape index (κ1) is 14.4. The summed E-state index contributed by atoms with van der Waals surface area (Å²) in [6.45, 7) is 0. The molecule has 0 N–H and O–H groups in total. The fraction of sp³-hybridized carbons (Fsp3) is 0. The molecule has 0 radical (unpaired) electrons. The number of nitro benzene ring substituents is 1. The third-order valence-corrected chi connectivity index (χ3v) is 5.51. The molecule has 0 saturated heterocycles. The molecule has 3 nitrogen and oxygen atoms in total. The van der Waals surface area contributed by atoms with Crippen molar-refractivity contribution >= 4 is 53.1 Å². The molecule has 4 rings (SSSR count). The van der Waals surface area contributed by atoms with Gasteiger partial charge >= 0.3 is 0 Å². The van der Waals surface area contributed by atoms with Crippen molar-refractivity contribution in [3.8, 4) is 11.1 Å². The van der Waals surface area contributed by atoms with Crippen molar-refractivity contribution in [3.05, 3.63) is 75.3 Å². The van der Waals surface area contributed by atoms with Gasteiger partial charge in [-0.25, -0.2) is 0 Å². The van der Waals surface area contributed by atoms with Crippen LogP contribution in [-0.4, -0.2) is 4.92 Å². The van der Waals surface area contributed by atoms with Gasteiger partial charge in [-0.1, -0.05) is 46.3 Å². The average molecular weight is 384 g/mol. The summed E-state index contributed by atoms with van der Waals surface area (Å²) in [6, 6.07) is 19.3. The number of nitrogens with zero attached hydrogens (tertiary/aromatic N) is 1. The quantitative estimate of drug-likeness (QED) is 0.297. The molecule has 0 aliphatic heterocycles. The van der Waals surface area contributed by atoms with E-state index < -0.39 is 0 Å². The van der Waals surface area contributed by atoms with E-state index in [9.17, 15) is 10.1 Å². The van der Waals surface area contributed by atoms with E-state index in [0.717, 1.165) is 30.2 Å². The van der Waals surface area contributed by atoms with Crippen molar-refractivity contribution in [2.75, 3.05) is 0 Å². The van der Waals surface area contributed by atoms with Gasteiger partial charge in [-0.3, -0.25) is 10.1 Å². The van der Waals surface area contributed by atoms with E-state index >= 15 is 0 Å². The molecule has 0 saturated carbocycles.